The van der Waals surface area contributed by atoms with Crippen molar-refractivity contribution in [3.8, 4) is 0 Å². The van der Waals surface area contributed by atoms with Gasteiger partial charge in [-0.25, -0.2) is 4.79 Å². The molecule has 2 atom stereocenters. The van der Waals surface area contributed by atoms with Crippen LogP contribution in [-0.2, 0) is 9.59 Å². The second-order valence-electron chi connectivity index (χ2n) is 20.1. The number of carbonyl (C=O) groups excluding carboxylic acids is 3. The Hall–Kier alpha value is -3.20. The summed E-state index contributed by atoms with van der Waals surface area (Å²) in [7, 11) is 0. The van der Waals surface area contributed by atoms with Gasteiger partial charge in [0.05, 0.1) is 12.5 Å². The Balaban J connectivity index is 0.00000115. The standard InChI is InChI=1S/C30H53NO3.C24H51N.C6H4O4/c1-3-5-7-9-11-13-14-16-18-20-23-27(22-19-17-15-12-10-8-6-4-2)26-31-30(33)29(32)28-24-21-25-34-28;1-3-5-7-9-11-13-14-16-18-20-22-24(23-25)21-19-17-15-12-10-8-6-4-2;7-5(6(8)9)4-2-1-3-10-4/h21,24-25,27H,3-20,22-23,26H2,1-2H3,(H,31,33);24H,3-23,25H2,1-2H3;1-3H,(H,8,9). The molecule has 0 spiro atoms. The molecule has 1 amide bonds. The second kappa shape index (κ2) is 51.2. The van der Waals surface area contributed by atoms with Crippen LogP contribution in [0.15, 0.2) is 45.6 Å². The molecule has 4 N–H and O–H groups in total. The van der Waals surface area contributed by atoms with Gasteiger partial charge in [-0.3, -0.25) is 14.4 Å². The highest BCUT2D eigenvalue weighted by molar-refractivity contribution is 6.42. The van der Waals surface area contributed by atoms with Crippen LogP contribution < -0.4 is 11.1 Å². The fraction of sp³-hybridized carbons (Fsp3) is 0.800. The first kappa shape index (κ1) is 65.8. The third kappa shape index (κ3) is 42.2. The van der Waals surface area contributed by atoms with Gasteiger partial charge >= 0.3 is 11.8 Å². The smallest absolute Gasteiger partial charge is 0.380 e. The molecular formula is C60H108N2O7. The number of rotatable bonds is 47. The Bertz CT molecular complexity index is 1390. The largest absolute Gasteiger partial charge is 0.475 e. The molecule has 0 radical (unpaired) electrons. The van der Waals surface area contributed by atoms with Gasteiger partial charge in [0.25, 0.3) is 11.7 Å². The van der Waals surface area contributed by atoms with Gasteiger partial charge in [0.2, 0.25) is 0 Å². The van der Waals surface area contributed by atoms with Crippen LogP contribution in [-0.4, -0.2) is 41.6 Å². The molecule has 2 heterocycles. The molecule has 9 heteroatoms. The van der Waals surface area contributed by atoms with Crippen LogP contribution in [0.5, 0.6) is 0 Å². The molecule has 2 rings (SSSR count). The van der Waals surface area contributed by atoms with Crippen LogP contribution in [0.25, 0.3) is 0 Å². The summed E-state index contributed by atoms with van der Waals surface area (Å²) in [5.74, 6) is -2.41. The van der Waals surface area contributed by atoms with Crippen molar-refractivity contribution in [1.29, 1.82) is 0 Å². The topological polar surface area (TPSA) is 153 Å². The maximum atomic E-state index is 12.3. The number of Topliss-reactive ketones (excluding diaryl/α,β-unsaturated/α-hetero) is 2. The lowest BCUT2D eigenvalue weighted by atomic mass is 9.93. The number of furan rings is 2. The van der Waals surface area contributed by atoms with E-state index in [4.69, 9.17) is 15.3 Å². The van der Waals surface area contributed by atoms with E-state index in [2.05, 4.69) is 37.4 Å². The van der Waals surface area contributed by atoms with Crippen LogP contribution >= 0.6 is 0 Å². The lowest BCUT2D eigenvalue weighted by Gasteiger charge is -2.17. The van der Waals surface area contributed by atoms with Crippen molar-refractivity contribution in [3.63, 3.8) is 0 Å². The van der Waals surface area contributed by atoms with Gasteiger partial charge in [0, 0.05) is 6.54 Å². The first-order chi connectivity index (χ1) is 33.7. The molecule has 0 bridgehead atoms. The highest BCUT2D eigenvalue weighted by atomic mass is 16.4. The van der Waals surface area contributed by atoms with Crippen LogP contribution in [0.1, 0.15) is 306 Å². The zero-order chi connectivity index (χ0) is 50.7. The monoisotopic (exact) mass is 969 g/mol. The first-order valence-electron chi connectivity index (χ1n) is 29.1. The number of aliphatic carboxylic acids is 1. The third-order valence-corrected chi connectivity index (χ3v) is 13.6. The Morgan fingerprint density at radius 3 is 0.971 bits per heavy atom. The van der Waals surface area contributed by atoms with Crippen LogP contribution in [0.4, 0.5) is 0 Å². The number of hydrogen-bond donors (Lipinski definition) is 3. The summed E-state index contributed by atoms with van der Waals surface area (Å²) >= 11 is 0. The molecule has 2 aromatic heterocycles. The number of hydrogen-bond acceptors (Lipinski definition) is 7. The number of carboxylic acids is 1. The summed E-state index contributed by atoms with van der Waals surface area (Å²) in [6.07, 6.45) is 57.5. The summed E-state index contributed by atoms with van der Waals surface area (Å²) in [5.41, 5.74) is 5.99. The molecule has 0 saturated heterocycles. The molecule has 2 unspecified atom stereocenters. The Kier molecular flexibility index (Phi) is 48.8. The molecule has 400 valence electrons. The number of ketones is 2. The molecule has 0 aliphatic carbocycles. The molecule has 9 nitrogen and oxygen atoms in total. The predicted molar refractivity (Wildman–Crippen MR) is 290 cm³/mol. The van der Waals surface area contributed by atoms with Crippen molar-refractivity contribution in [2.75, 3.05) is 13.1 Å². The van der Waals surface area contributed by atoms with E-state index in [-0.39, 0.29) is 11.5 Å². The zero-order valence-corrected chi connectivity index (χ0v) is 45.3. The van der Waals surface area contributed by atoms with Gasteiger partial charge in [-0.2, -0.15) is 0 Å². The summed E-state index contributed by atoms with van der Waals surface area (Å²) < 4.78 is 9.60. The van der Waals surface area contributed by atoms with E-state index < -0.39 is 23.4 Å². The third-order valence-electron chi connectivity index (χ3n) is 13.6. The Morgan fingerprint density at radius 1 is 0.435 bits per heavy atom. The number of nitrogens with one attached hydrogen (secondary N) is 1. The molecule has 0 aromatic carbocycles. The van der Waals surface area contributed by atoms with Gasteiger partial charge < -0.3 is 25.0 Å². The average molecular weight is 970 g/mol. The maximum Gasteiger partial charge on any atom is 0.380 e. The number of unbranched alkanes of at least 4 members (excludes halogenated alkanes) is 32. The molecule has 69 heavy (non-hydrogen) atoms. The molecule has 0 aliphatic rings. The first-order valence-corrected chi connectivity index (χ1v) is 29.1. The van der Waals surface area contributed by atoms with Crippen molar-refractivity contribution in [3.05, 3.63) is 48.3 Å². The van der Waals surface area contributed by atoms with Crippen molar-refractivity contribution in [1.82, 2.24) is 5.32 Å². The van der Waals surface area contributed by atoms with E-state index >= 15 is 0 Å². The van der Waals surface area contributed by atoms with Crippen molar-refractivity contribution >= 4 is 23.4 Å². The van der Waals surface area contributed by atoms with E-state index in [9.17, 15) is 19.2 Å². The highest BCUT2D eigenvalue weighted by Crippen LogP contribution is 2.21. The van der Waals surface area contributed by atoms with E-state index in [0.29, 0.717) is 12.5 Å². The van der Waals surface area contributed by atoms with Gasteiger partial charge in [-0.15, -0.1) is 0 Å². The number of nitrogens with two attached hydrogens (primary N) is 1. The maximum absolute atomic E-state index is 12.3. The Morgan fingerprint density at radius 2 is 0.710 bits per heavy atom. The normalized spacial score (nSPS) is 11.8. The van der Waals surface area contributed by atoms with Crippen LogP contribution in [0, 0.1) is 11.8 Å². The van der Waals surface area contributed by atoms with E-state index in [1.54, 1.807) is 12.1 Å². The van der Waals surface area contributed by atoms with Crippen LogP contribution in [0.2, 0.25) is 0 Å². The fourth-order valence-electron chi connectivity index (χ4n) is 9.05. The second-order valence-corrected chi connectivity index (χ2v) is 20.1. The number of amides is 1. The quantitative estimate of drug-likeness (QED) is 0.0337. The average Bonchev–Trinajstić information content (AvgIpc) is 4.11. The minimum absolute atomic E-state index is 0.117. The summed E-state index contributed by atoms with van der Waals surface area (Å²) in [6, 6.07) is 5.94. The van der Waals surface area contributed by atoms with E-state index in [1.807, 2.05) is 0 Å². The molecular weight excluding hydrogens is 861 g/mol. The van der Waals surface area contributed by atoms with Gasteiger partial charge in [0.1, 0.15) is 0 Å². The summed E-state index contributed by atoms with van der Waals surface area (Å²) in [5, 5.41) is 11.0. The van der Waals surface area contributed by atoms with E-state index in [1.165, 1.54) is 269 Å². The van der Waals surface area contributed by atoms with Crippen molar-refractivity contribution < 1.29 is 33.1 Å². The minimum Gasteiger partial charge on any atom is -0.475 e. The number of carboxylic acid groups (broad SMARTS) is 1. The lowest BCUT2D eigenvalue weighted by molar-refractivity contribution is -0.132. The predicted octanol–water partition coefficient (Wildman–Crippen LogP) is 18.0. The zero-order valence-electron chi connectivity index (χ0n) is 45.3. The molecule has 2 aromatic rings. The molecule has 0 aliphatic heterocycles. The van der Waals surface area contributed by atoms with Crippen molar-refractivity contribution in [2.24, 2.45) is 17.6 Å². The van der Waals surface area contributed by atoms with Gasteiger partial charge in [0.15, 0.2) is 11.5 Å². The van der Waals surface area contributed by atoms with Gasteiger partial charge in [-0.05, 0) is 68.3 Å². The highest BCUT2D eigenvalue weighted by Gasteiger charge is 2.20. The molecule has 0 fully saturated rings. The summed E-state index contributed by atoms with van der Waals surface area (Å²) in [4.78, 5) is 44.9. The van der Waals surface area contributed by atoms with E-state index in [0.717, 1.165) is 25.3 Å². The van der Waals surface area contributed by atoms with Crippen molar-refractivity contribution in [2.45, 2.75) is 285 Å². The SMILES string of the molecule is CCCCCCCCCCCCC(CCCCCCCCCC)CNC(=O)C(=O)c1ccco1.CCCCCCCCCCCCC(CN)CCCCCCCCCC.O=C(O)C(=O)c1ccco1. The lowest BCUT2D eigenvalue weighted by Crippen LogP contribution is -2.34. The number of carbonyl (C=O) groups is 4. The Labute approximate surface area is 423 Å². The molecule has 0 saturated carbocycles. The van der Waals surface area contributed by atoms with Gasteiger partial charge in [-0.1, -0.05) is 259 Å². The fourth-order valence-corrected chi connectivity index (χ4v) is 9.05. The van der Waals surface area contributed by atoms with Crippen LogP contribution in [0.3, 0.4) is 0 Å². The minimum atomic E-state index is -1.50. The summed E-state index contributed by atoms with van der Waals surface area (Å²) in [6.45, 7) is 10.6.